The number of hydrogen-bond acceptors (Lipinski definition) is 5. The van der Waals surface area contributed by atoms with Gasteiger partial charge in [0, 0.05) is 0 Å². The molecule has 26 heavy (non-hydrogen) atoms. The minimum atomic E-state index is -0.637. The Balaban J connectivity index is 1.70. The summed E-state index contributed by atoms with van der Waals surface area (Å²) in [4.78, 5) is 0. The van der Waals surface area contributed by atoms with E-state index >= 15 is 0 Å². The molecule has 2 aromatic rings. The molecule has 0 aliphatic heterocycles. The van der Waals surface area contributed by atoms with Crippen LogP contribution in [-0.4, -0.2) is 45.5 Å². The van der Waals surface area contributed by atoms with E-state index in [4.69, 9.17) is 9.47 Å². The number of hydrogen-bond donors (Lipinski definition) is 3. The molecule has 3 rings (SSSR count). The van der Waals surface area contributed by atoms with E-state index in [1.807, 2.05) is 50.5 Å². The Labute approximate surface area is 155 Å². The quantitative estimate of drug-likeness (QED) is 0.572. The van der Waals surface area contributed by atoms with Gasteiger partial charge in [-0.25, -0.2) is 0 Å². The van der Waals surface area contributed by atoms with Crippen LogP contribution in [0, 0.1) is 0 Å². The van der Waals surface area contributed by atoms with Crippen LogP contribution in [0.5, 0.6) is 11.5 Å². The first-order valence-electron chi connectivity index (χ1n) is 9.25. The van der Waals surface area contributed by atoms with E-state index in [-0.39, 0.29) is 0 Å². The highest BCUT2D eigenvalue weighted by atomic mass is 16.5. The van der Waals surface area contributed by atoms with Crippen LogP contribution in [0.25, 0.3) is 11.1 Å². The van der Waals surface area contributed by atoms with Crippen LogP contribution in [0.15, 0.2) is 36.4 Å². The number of rotatable bonds is 10. The summed E-state index contributed by atoms with van der Waals surface area (Å²) in [6.45, 7) is 3.17. The van der Waals surface area contributed by atoms with Crippen LogP contribution in [0.1, 0.15) is 30.1 Å². The van der Waals surface area contributed by atoms with Crippen molar-refractivity contribution >= 4 is 0 Å². The summed E-state index contributed by atoms with van der Waals surface area (Å²) in [7, 11) is 3.86. The first kappa shape index (κ1) is 18.7. The summed E-state index contributed by atoms with van der Waals surface area (Å²) in [5.41, 5.74) is 3.94. The lowest BCUT2D eigenvalue weighted by Gasteiger charge is -2.10. The Bertz CT molecular complexity index is 672. The monoisotopic (exact) mass is 356 g/mol. The van der Waals surface area contributed by atoms with Crippen molar-refractivity contribution in [1.82, 2.24) is 10.6 Å². The average molecular weight is 356 g/mol. The normalized spacial score (nSPS) is 12.7. The fourth-order valence-electron chi connectivity index (χ4n) is 3.25. The molecule has 0 saturated carbocycles. The topological polar surface area (TPSA) is 62.8 Å². The number of benzene rings is 2. The SMILES string of the molecule is CNCCCOc1ccc2c(c1)C(O)c1cc(OCCCNC)ccc1-2. The molecule has 0 radical (unpaired) electrons. The van der Waals surface area contributed by atoms with Crippen molar-refractivity contribution in [1.29, 1.82) is 0 Å². The predicted octanol–water partition coefficient (Wildman–Crippen LogP) is 2.73. The molecule has 0 atom stereocenters. The number of nitrogens with one attached hydrogen (secondary N) is 2. The van der Waals surface area contributed by atoms with Gasteiger partial charge in [-0.05, 0) is 86.5 Å². The molecule has 5 heteroatoms. The zero-order chi connectivity index (χ0) is 18.4. The molecule has 140 valence electrons. The molecule has 0 unspecified atom stereocenters. The average Bonchev–Trinajstić information content (AvgIpc) is 2.94. The van der Waals surface area contributed by atoms with E-state index in [2.05, 4.69) is 10.6 Å². The first-order valence-corrected chi connectivity index (χ1v) is 9.25. The summed E-state index contributed by atoms with van der Waals surface area (Å²) in [6.07, 6.45) is 1.26. The largest absolute Gasteiger partial charge is 0.494 e. The van der Waals surface area contributed by atoms with Gasteiger partial charge >= 0.3 is 0 Å². The highest BCUT2D eigenvalue weighted by Gasteiger charge is 2.28. The van der Waals surface area contributed by atoms with Gasteiger partial charge in [0.05, 0.1) is 13.2 Å². The third-order valence-electron chi connectivity index (χ3n) is 4.61. The van der Waals surface area contributed by atoms with Crippen LogP contribution < -0.4 is 20.1 Å². The van der Waals surface area contributed by atoms with E-state index in [0.717, 1.165) is 59.7 Å². The summed E-state index contributed by atoms with van der Waals surface area (Å²) in [5.74, 6) is 1.60. The van der Waals surface area contributed by atoms with Crippen molar-refractivity contribution in [3.05, 3.63) is 47.5 Å². The van der Waals surface area contributed by atoms with Crippen molar-refractivity contribution in [2.24, 2.45) is 0 Å². The lowest BCUT2D eigenvalue weighted by atomic mass is 10.1. The second-order valence-electron chi connectivity index (χ2n) is 6.51. The van der Waals surface area contributed by atoms with Gasteiger partial charge in [-0.15, -0.1) is 0 Å². The Morgan fingerprint density at radius 1 is 0.808 bits per heavy atom. The molecule has 2 aromatic carbocycles. The smallest absolute Gasteiger partial charge is 0.119 e. The van der Waals surface area contributed by atoms with Crippen LogP contribution in [-0.2, 0) is 0 Å². The summed E-state index contributed by atoms with van der Waals surface area (Å²) >= 11 is 0. The lowest BCUT2D eigenvalue weighted by Crippen LogP contribution is -2.11. The van der Waals surface area contributed by atoms with Gasteiger partial charge in [0.25, 0.3) is 0 Å². The Morgan fingerprint density at radius 3 is 1.69 bits per heavy atom. The minimum Gasteiger partial charge on any atom is -0.494 e. The van der Waals surface area contributed by atoms with Crippen LogP contribution >= 0.6 is 0 Å². The Hall–Kier alpha value is -2.08. The van der Waals surface area contributed by atoms with Gasteiger partial charge in [0.1, 0.15) is 17.6 Å². The molecule has 0 amide bonds. The third kappa shape index (κ3) is 4.18. The molecule has 0 heterocycles. The van der Waals surface area contributed by atoms with Crippen LogP contribution in [0.2, 0.25) is 0 Å². The zero-order valence-corrected chi connectivity index (χ0v) is 15.5. The molecule has 1 aliphatic rings. The first-order chi connectivity index (χ1) is 12.7. The van der Waals surface area contributed by atoms with Gasteiger partial charge in [-0.1, -0.05) is 12.1 Å². The molecule has 5 nitrogen and oxygen atoms in total. The van der Waals surface area contributed by atoms with Crippen molar-refractivity contribution in [2.45, 2.75) is 18.9 Å². The second kappa shape index (κ2) is 9.03. The summed E-state index contributed by atoms with van der Waals surface area (Å²) in [5, 5.41) is 17.0. The van der Waals surface area contributed by atoms with Gasteiger partial charge in [-0.3, -0.25) is 0 Å². The molecule has 0 aromatic heterocycles. The molecule has 3 N–H and O–H groups in total. The maximum absolute atomic E-state index is 10.8. The third-order valence-corrected chi connectivity index (χ3v) is 4.61. The molecule has 0 bridgehead atoms. The highest BCUT2D eigenvalue weighted by Crippen LogP contribution is 2.45. The van der Waals surface area contributed by atoms with Gasteiger partial charge in [-0.2, -0.15) is 0 Å². The number of ether oxygens (including phenoxy) is 2. The lowest BCUT2D eigenvalue weighted by molar-refractivity contribution is 0.223. The van der Waals surface area contributed by atoms with Crippen LogP contribution in [0.3, 0.4) is 0 Å². The molecule has 0 saturated heterocycles. The number of aliphatic hydroxyl groups excluding tert-OH is 1. The van der Waals surface area contributed by atoms with Gasteiger partial charge < -0.3 is 25.2 Å². The number of aliphatic hydroxyl groups is 1. The van der Waals surface area contributed by atoms with Crippen LogP contribution in [0.4, 0.5) is 0 Å². The maximum atomic E-state index is 10.8. The van der Waals surface area contributed by atoms with E-state index < -0.39 is 6.10 Å². The van der Waals surface area contributed by atoms with Crippen molar-refractivity contribution in [3.63, 3.8) is 0 Å². The maximum Gasteiger partial charge on any atom is 0.119 e. The van der Waals surface area contributed by atoms with E-state index in [9.17, 15) is 5.11 Å². The van der Waals surface area contributed by atoms with E-state index in [1.165, 1.54) is 0 Å². The van der Waals surface area contributed by atoms with Crippen molar-refractivity contribution < 1.29 is 14.6 Å². The molecular weight excluding hydrogens is 328 g/mol. The van der Waals surface area contributed by atoms with Crippen molar-refractivity contribution in [2.75, 3.05) is 40.4 Å². The number of fused-ring (bicyclic) bond motifs is 3. The van der Waals surface area contributed by atoms with Crippen molar-refractivity contribution in [3.8, 4) is 22.6 Å². The molecule has 1 aliphatic carbocycles. The van der Waals surface area contributed by atoms with E-state index in [1.54, 1.807) is 0 Å². The van der Waals surface area contributed by atoms with E-state index in [0.29, 0.717) is 13.2 Å². The molecule has 0 spiro atoms. The standard InChI is InChI=1S/C21H28N2O3/c1-22-9-3-11-25-15-5-7-17-18-8-6-16(26-12-4-10-23-2)14-20(18)21(24)19(17)13-15/h5-8,13-14,21-24H,3-4,9-12H2,1-2H3. The minimum absolute atomic E-state index is 0.637. The molecule has 0 fully saturated rings. The fraction of sp³-hybridized carbons (Fsp3) is 0.429. The fourth-order valence-corrected chi connectivity index (χ4v) is 3.25. The summed E-state index contributed by atoms with van der Waals surface area (Å²) < 4.78 is 11.6. The zero-order valence-electron chi connectivity index (χ0n) is 15.5. The van der Waals surface area contributed by atoms with Gasteiger partial charge in [0.2, 0.25) is 0 Å². The predicted molar refractivity (Wildman–Crippen MR) is 104 cm³/mol. The van der Waals surface area contributed by atoms with Gasteiger partial charge in [0.15, 0.2) is 0 Å². The summed E-state index contributed by atoms with van der Waals surface area (Å²) in [6, 6.07) is 11.9. The Kier molecular flexibility index (Phi) is 6.50. The Morgan fingerprint density at radius 2 is 1.27 bits per heavy atom. The molecular formula is C21H28N2O3. The second-order valence-corrected chi connectivity index (χ2v) is 6.51. The highest BCUT2D eigenvalue weighted by molar-refractivity contribution is 5.79.